The summed E-state index contributed by atoms with van der Waals surface area (Å²) in [5.74, 6) is -0.659. The molecule has 0 spiro atoms. The van der Waals surface area contributed by atoms with Gasteiger partial charge in [-0.3, -0.25) is 14.9 Å². The summed E-state index contributed by atoms with van der Waals surface area (Å²) in [6, 6.07) is 7.53. The fraction of sp³-hybridized carbons (Fsp3) is 0.469. The van der Waals surface area contributed by atoms with Gasteiger partial charge in [0.2, 0.25) is 5.13 Å². The number of alkyl halides is 3. The fourth-order valence-electron chi connectivity index (χ4n) is 4.36. The summed E-state index contributed by atoms with van der Waals surface area (Å²) in [5.41, 5.74) is -2.09. The van der Waals surface area contributed by atoms with Crippen LogP contribution in [0.3, 0.4) is 0 Å². The number of esters is 1. The van der Waals surface area contributed by atoms with Crippen LogP contribution in [0, 0.1) is 10.1 Å². The Morgan fingerprint density at radius 3 is 2.16 bits per heavy atom. The van der Waals surface area contributed by atoms with Crippen molar-refractivity contribution in [3.05, 3.63) is 69.3 Å². The van der Waals surface area contributed by atoms with Gasteiger partial charge in [0.1, 0.15) is 16.2 Å². The van der Waals surface area contributed by atoms with Crippen LogP contribution in [-0.4, -0.2) is 63.7 Å². The van der Waals surface area contributed by atoms with Gasteiger partial charge in [0.25, 0.3) is 5.69 Å². The number of rotatable bonds is 11. The summed E-state index contributed by atoms with van der Waals surface area (Å²) >= 11 is 0.930. The Morgan fingerprint density at radius 1 is 0.980 bits per heavy atom. The molecule has 0 aliphatic heterocycles. The smallest absolute Gasteiger partial charge is 0.416 e. The number of aromatic nitrogens is 2. The molecular formula is C32H38F3N5O8S. The second kappa shape index (κ2) is 15.6. The highest BCUT2D eigenvalue weighted by atomic mass is 32.1. The Balaban J connectivity index is 2.02. The molecule has 0 aliphatic carbocycles. The second-order valence-corrected chi connectivity index (χ2v) is 13.8. The third-order valence-corrected chi connectivity index (χ3v) is 7.30. The van der Waals surface area contributed by atoms with Crippen LogP contribution in [0.4, 0.5) is 33.6 Å². The van der Waals surface area contributed by atoms with E-state index < -0.39 is 52.1 Å². The van der Waals surface area contributed by atoms with Crippen LogP contribution in [0.15, 0.2) is 42.5 Å². The zero-order valence-electron chi connectivity index (χ0n) is 28.0. The lowest BCUT2D eigenvalue weighted by Gasteiger charge is -2.29. The molecule has 1 aromatic heterocycles. The largest absolute Gasteiger partial charge is 0.466 e. The first-order chi connectivity index (χ1) is 22.6. The van der Waals surface area contributed by atoms with Crippen LogP contribution < -0.4 is 10.2 Å². The van der Waals surface area contributed by atoms with Crippen molar-refractivity contribution in [3.8, 4) is 10.6 Å². The maximum Gasteiger partial charge on any atom is 0.416 e. The minimum atomic E-state index is -4.54. The number of halogens is 3. The number of nitro groups is 1. The highest BCUT2D eigenvalue weighted by Gasteiger charge is 2.32. The van der Waals surface area contributed by atoms with Gasteiger partial charge in [0, 0.05) is 17.2 Å². The number of ether oxygens (including phenoxy) is 3. The zero-order valence-corrected chi connectivity index (χ0v) is 28.9. The number of nitro benzene ring substituents is 1. The van der Waals surface area contributed by atoms with Crippen molar-refractivity contribution in [2.75, 3.05) is 18.1 Å². The number of hydrogen-bond donors (Lipinski definition) is 1. The molecule has 3 aromatic rings. The van der Waals surface area contributed by atoms with Gasteiger partial charge in [-0.2, -0.15) is 13.2 Å². The molecule has 13 nitrogen and oxygen atoms in total. The van der Waals surface area contributed by atoms with Gasteiger partial charge in [0.15, 0.2) is 0 Å². The number of alkyl carbamates (subject to hydrolysis) is 1. The molecule has 0 saturated heterocycles. The number of carbonyl (C=O) groups excluding carboxylic acids is 3. The highest BCUT2D eigenvalue weighted by molar-refractivity contribution is 7.18. The first kappa shape index (κ1) is 38.6. The number of benzene rings is 2. The van der Waals surface area contributed by atoms with Crippen molar-refractivity contribution in [3.63, 3.8) is 0 Å². The number of amides is 2. The molecule has 0 fully saturated rings. The normalized spacial score (nSPS) is 12.5. The molecule has 0 radical (unpaired) electrons. The van der Waals surface area contributed by atoms with Crippen LogP contribution in [0.5, 0.6) is 0 Å². The molecule has 266 valence electrons. The van der Waals surface area contributed by atoms with Gasteiger partial charge < -0.3 is 19.5 Å². The Hall–Kier alpha value is -4.80. The minimum absolute atomic E-state index is 0.0120. The van der Waals surface area contributed by atoms with Crippen molar-refractivity contribution < 1.29 is 46.7 Å². The molecule has 1 heterocycles. The van der Waals surface area contributed by atoms with E-state index in [1.165, 1.54) is 30.3 Å². The standard InChI is InChI=1S/C32H38F3N5O8S/c1-8-46-25(41)17-21-16-20(11-14-24(21)40(44)45)26-37-38-27(49-26)39(29(43)48-31(5,6)7)18-23(36-28(42)47-30(2,3)4)15-19-9-12-22(13-10-19)32(33,34)35/h9-14,16,23H,8,15,17-18H2,1-7H3,(H,36,42)/t23-/m0/s1. The molecule has 2 amide bonds. The van der Waals surface area contributed by atoms with E-state index in [9.17, 15) is 37.7 Å². The van der Waals surface area contributed by atoms with Crippen molar-refractivity contribution in [1.29, 1.82) is 0 Å². The summed E-state index contributed by atoms with van der Waals surface area (Å²) in [7, 11) is 0. The quantitative estimate of drug-likeness (QED) is 0.0939. The third kappa shape index (κ3) is 12.0. The van der Waals surface area contributed by atoms with Gasteiger partial charge in [-0.05, 0) is 84.7 Å². The van der Waals surface area contributed by atoms with E-state index in [4.69, 9.17) is 14.2 Å². The third-order valence-electron chi connectivity index (χ3n) is 6.31. The summed E-state index contributed by atoms with van der Waals surface area (Å²) in [6.07, 6.45) is -6.60. The molecule has 0 unspecified atom stereocenters. The van der Waals surface area contributed by atoms with Crippen molar-refractivity contribution in [2.45, 2.75) is 84.7 Å². The van der Waals surface area contributed by atoms with E-state index in [0.717, 1.165) is 28.4 Å². The average Bonchev–Trinajstić information content (AvgIpc) is 3.43. The monoisotopic (exact) mass is 709 g/mol. The maximum atomic E-state index is 13.6. The predicted octanol–water partition coefficient (Wildman–Crippen LogP) is 7.12. The summed E-state index contributed by atoms with van der Waals surface area (Å²) in [4.78, 5) is 50.7. The SMILES string of the molecule is CCOC(=O)Cc1cc(-c2nnc(N(C[C@H](Cc3ccc(C(F)(F)F)cc3)NC(=O)OC(C)(C)C)C(=O)OC(C)(C)C)s2)ccc1[N+](=O)[O-]. The predicted molar refractivity (Wildman–Crippen MR) is 174 cm³/mol. The molecule has 1 N–H and O–H groups in total. The zero-order chi connectivity index (χ0) is 36.7. The molecule has 0 saturated carbocycles. The Bertz CT molecular complexity index is 1650. The molecule has 0 bridgehead atoms. The molecule has 2 aromatic carbocycles. The highest BCUT2D eigenvalue weighted by Crippen LogP contribution is 2.33. The summed E-state index contributed by atoms with van der Waals surface area (Å²) in [6.45, 7) is 11.3. The van der Waals surface area contributed by atoms with Gasteiger partial charge in [-0.15, -0.1) is 10.2 Å². The minimum Gasteiger partial charge on any atom is -0.466 e. The van der Waals surface area contributed by atoms with Crippen LogP contribution in [0.25, 0.3) is 10.6 Å². The Morgan fingerprint density at radius 2 is 1.61 bits per heavy atom. The summed E-state index contributed by atoms with van der Waals surface area (Å²) in [5, 5.41) is 22.9. The lowest BCUT2D eigenvalue weighted by Crippen LogP contribution is -2.49. The summed E-state index contributed by atoms with van der Waals surface area (Å²) < 4.78 is 55.5. The first-order valence-corrected chi connectivity index (χ1v) is 15.9. The number of nitrogens with one attached hydrogen (secondary N) is 1. The van der Waals surface area contributed by atoms with Crippen molar-refractivity contribution >= 4 is 40.3 Å². The van der Waals surface area contributed by atoms with E-state index in [-0.39, 0.29) is 47.4 Å². The van der Waals surface area contributed by atoms with E-state index in [2.05, 4.69) is 15.5 Å². The second-order valence-electron chi connectivity index (χ2n) is 12.8. The topological polar surface area (TPSA) is 163 Å². The number of carbonyl (C=O) groups is 3. The van der Waals surface area contributed by atoms with Crippen LogP contribution in [-0.2, 0) is 38.0 Å². The molecule has 49 heavy (non-hydrogen) atoms. The maximum absolute atomic E-state index is 13.6. The van der Waals surface area contributed by atoms with E-state index in [1.807, 2.05) is 0 Å². The lowest BCUT2D eigenvalue weighted by atomic mass is 10.0. The van der Waals surface area contributed by atoms with Crippen LogP contribution in [0.2, 0.25) is 0 Å². The van der Waals surface area contributed by atoms with E-state index >= 15 is 0 Å². The van der Waals surface area contributed by atoms with E-state index in [0.29, 0.717) is 11.1 Å². The van der Waals surface area contributed by atoms with Crippen LogP contribution >= 0.6 is 11.3 Å². The fourth-order valence-corrected chi connectivity index (χ4v) is 5.21. The molecular weight excluding hydrogens is 671 g/mol. The van der Waals surface area contributed by atoms with Gasteiger partial charge in [0.05, 0.1) is 36.1 Å². The van der Waals surface area contributed by atoms with E-state index in [1.54, 1.807) is 48.5 Å². The van der Waals surface area contributed by atoms with Gasteiger partial charge >= 0.3 is 24.3 Å². The van der Waals surface area contributed by atoms with Gasteiger partial charge in [-0.1, -0.05) is 23.5 Å². The van der Waals surface area contributed by atoms with Crippen molar-refractivity contribution in [1.82, 2.24) is 15.5 Å². The Labute approximate surface area is 284 Å². The number of hydrogen-bond acceptors (Lipinski definition) is 11. The Kier molecular flexibility index (Phi) is 12.3. The number of nitrogens with zero attached hydrogens (tertiary/aromatic N) is 4. The van der Waals surface area contributed by atoms with Crippen LogP contribution in [0.1, 0.15) is 65.2 Å². The lowest BCUT2D eigenvalue weighted by molar-refractivity contribution is -0.385. The van der Waals surface area contributed by atoms with Gasteiger partial charge in [-0.25, -0.2) is 14.5 Å². The molecule has 17 heteroatoms. The molecule has 1 atom stereocenters. The molecule has 3 rings (SSSR count). The van der Waals surface area contributed by atoms with Crippen molar-refractivity contribution in [2.24, 2.45) is 0 Å². The number of anilines is 1. The molecule has 0 aliphatic rings. The first-order valence-electron chi connectivity index (χ1n) is 15.1. The average molecular weight is 710 g/mol.